The molecule has 20 heavy (non-hydrogen) atoms. The number of hydrogen-bond acceptors (Lipinski definition) is 4. The molecule has 1 aliphatic rings. The van der Waals surface area contributed by atoms with Gasteiger partial charge >= 0.3 is 0 Å². The Morgan fingerprint density at radius 1 is 1.25 bits per heavy atom. The van der Waals surface area contributed by atoms with Crippen LogP contribution < -0.4 is 5.73 Å². The molecule has 1 unspecified atom stereocenters. The van der Waals surface area contributed by atoms with Crippen LogP contribution >= 0.6 is 12.2 Å². The van der Waals surface area contributed by atoms with E-state index in [0.717, 1.165) is 13.1 Å². The lowest BCUT2D eigenvalue weighted by Crippen LogP contribution is -2.61. The van der Waals surface area contributed by atoms with E-state index in [1.165, 1.54) is 0 Å². The Kier molecular flexibility index (Phi) is 5.52. The van der Waals surface area contributed by atoms with Crippen molar-refractivity contribution in [3.05, 3.63) is 0 Å². The van der Waals surface area contributed by atoms with E-state index >= 15 is 0 Å². The number of amides is 1. The highest BCUT2D eigenvalue weighted by molar-refractivity contribution is 7.80. The predicted octanol–water partition coefficient (Wildman–Crippen LogP) is 1.01. The summed E-state index contributed by atoms with van der Waals surface area (Å²) in [5.74, 6) is 0.0651. The number of hydrogen-bond donors (Lipinski definition) is 1. The van der Waals surface area contributed by atoms with E-state index in [0.29, 0.717) is 24.5 Å². The lowest BCUT2D eigenvalue weighted by molar-refractivity contribution is -0.155. The van der Waals surface area contributed by atoms with Gasteiger partial charge in [-0.3, -0.25) is 9.69 Å². The summed E-state index contributed by atoms with van der Waals surface area (Å²) in [4.78, 5) is 17.1. The molecule has 0 radical (unpaired) electrons. The first kappa shape index (κ1) is 17.3. The summed E-state index contributed by atoms with van der Waals surface area (Å²) in [5.41, 5.74) is 4.77. The highest BCUT2D eigenvalue weighted by Gasteiger charge is 2.38. The first-order chi connectivity index (χ1) is 9.19. The molecular weight excluding hydrogens is 274 g/mol. The predicted molar refractivity (Wildman–Crippen MR) is 84.7 cm³/mol. The normalized spacial score (nSPS) is 20.6. The molecule has 5 nitrogen and oxygen atoms in total. The van der Waals surface area contributed by atoms with Crippen molar-refractivity contribution in [3.63, 3.8) is 0 Å². The fraction of sp³-hybridized carbons (Fsp3) is 0.857. The molecule has 0 aromatic rings. The smallest absolute Gasteiger partial charge is 0.254 e. The van der Waals surface area contributed by atoms with Crippen molar-refractivity contribution in [2.24, 2.45) is 5.73 Å². The first-order valence-corrected chi connectivity index (χ1v) is 7.49. The number of methoxy groups -OCH3 is 1. The molecule has 1 atom stereocenters. The fourth-order valence-corrected chi connectivity index (χ4v) is 2.47. The molecule has 0 bridgehead atoms. The number of carbonyl (C=O) groups is 1. The molecule has 0 aromatic carbocycles. The van der Waals surface area contributed by atoms with Gasteiger partial charge in [-0.1, -0.05) is 19.1 Å². The maximum atomic E-state index is 12.5. The Morgan fingerprint density at radius 3 is 2.10 bits per heavy atom. The summed E-state index contributed by atoms with van der Waals surface area (Å²) in [6, 6.07) is 0. The molecule has 0 saturated carbocycles. The zero-order valence-electron chi connectivity index (χ0n) is 13.2. The zero-order chi connectivity index (χ0) is 15.6. The van der Waals surface area contributed by atoms with Gasteiger partial charge in [0.25, 0.3) is 5.91 Å². The molecule has 1 fully saturated rings. The average Bonchev–Trinajstić information content (AvgIpc) is 2.45. The lowest BCUT2D eigenvalue weighted by atomic mass is 9.99. The second-order valence-electron chi connectivity index (χ2n) is 5.99. The number of rotatable bonds is 5. The summed E-state index contributed by atoms with van der Waals surface area (Å²) in [7, 11) is 1.59. The third-order valence-corrected chi connectivity index (χ3v) is 5.04. The molecule has 1 amide bonds. The van der Waals surface area contributed by atoms with Crippen LogP contribution in [-0.4, -0.2) is 65.1 Å². The Balaban J connectivity index is 2.67. The molecule has 116 valence electrons. The van der Waals surface area contributed by atoms with E-state index in [1.54, 1.807) is 7.11 Å². The number of thiocarbonyl (C=S) groups is 1. The second kappa shape index (κ2) is 6.37. The van der Waals surface area contributed by atoms with Crippen LogP contribution in [0.15, 0.2) is 0 Å². The van der Waals surface area contributed by atoms with Gasteiger partial charge < -0.3 is 15.4 Å². The van der Waals surface area contributed by atoms with Crippen molar-refractivity contribution in [1.82, 2.24) is 9.80 Å². The van der Waals surface area contributed by atoms with Gasteiger partial charge in [-0.2, -0.15) is 0 Å². The molecule has 1 heterocycles. The molecule has 0 aliphatic carbocycles. The molecule has 0 aromatic heterocycles. The average molecular weight is 301 g/mol. The van der Waals surface area contributed by atoms with Gasteiger partial charge in [-0.05, 0) is 27.2 Å². The number of ether oxygens (including phenoxy) is 1. The van der Waals surface area contributed by atoms with E-state index in [2.05, 4.69) is 4.90 Å². The zero-order valence-corrected chi connectivity index (χ0v) is 14.0. The minimum Gasteiger partial charge on any atom is -0.392 e. The number of carbonyl (C=O) groups excluding carboxylic acids is 1. The van der Waals surface area contributed by atoms with Crippen LogP contribution in [0.3, 0.4) is 0 Å². The van der Waals surface area contributed by atoms with Crippen LogP contribution in [0.4, 0.5) is 0 Å². The summed E-state index contributed by atoms with van der Waals surface area (Å²) in [5, 5.41) is 0. The monoisotopic (exact) mass is 301 g/mol. The maximum absolute atomic E-state index is 12.5. The third-order valence-electron chi connectivity index (χ3n) is 4.54. The second-order valence-corrected chi connectivity index (χ2v) is 6.43. The van der Waals surface area contributed by atoms with E-state index < -0.39 is 5.60 Å². The topological polar surface area (TPSA) is 58.8 Å². The first-order valence-electron chi connectivity index (χ1n) is 7.08. The Bertz CT molecular complexity index is 373. The third kappa shape index (κ3) is 3.30. The largest absolute Gasteiger partial charge is 0.392 e. The summed E-state index contributed by atoms with van der Waals surface area (Å²) < 4.78 is 5.39. The van der Waals surface area contributed by atoms with Crippen molar-refractivity contribution < 1.29 is 9.53 Å². The molecule has 0 spiro atoms. The van der Waals surface area contributed by atoms with Crippen LogP contribution in [0.1, 0.15) is 34.1 Å². The van der Waals surface area contributed by atoms with Crippen molar-refractivity contribution in [3.8, 4) is 0 Å². The molecule has 2 N–H and O–H groups in total. The molecule has 1 saturated heterocycles. The summed E-state index contributed by atoms with van der Waals surface area (Å²) in [6.07, 6.45) is 0.668. The Labute approximate surface area is 127 Å². The minimum atomic E-state index is -0.721. The number of piperazine rings is 1. The van der Waals surface area contributed by atoms with Gasteiger partial charge in [0.1, 0.15) is 5.60 Å². The lowest BCUT2D eigenvalue weighted by Gasteiger charge is -2.44. The Hall–Kier alpha value is -0.720. The number of nitrogens with two attached hydrogens (primary N) is 1. The van der Waals surface area contributed by atoms with E-state index in [-0.39, 0.29) is 11.4 Å². The van der Waals surface area contributed by atoms with Gasteiger partial charge in [0.2, 0.25) is 0 Å². The number of nitrogens with zero attached hydrogens (tertiary/aromatic N) is 2. The van der Waals surface area contributed by atoms with Crippen molar-refractivity contribution in [1.29, 1.82) is 0 Å². The SMILES string of the molecule is CCC(C)(OC)C(=O)N1CCN(C(C)(C)C(N)=S)CC1. The van der Waals surface area contributed by atoms with Gasteiger partial charge in [-0.15, -0.1) is 0 Å². The van der Waals surface area contributed by atoms with Crippen LogP contribution in [0, 0.1) is 0 Å². The Morgan fingerprint density at radius 2 is 1.75 bits per heavy atom. The molecule has 1 aliphatic heterocycles. The van der Waals surface area contributed by atoms with Crippen LogP contribution in [-0.2, 0) is 9.53 Å². The van der Waals surface area contributed by atoms with E-state index in [1.807, 2.05) is 32.6 Å². The quantitative estimate of drug-likeness (QED) is 0.768. The van der Waals surface area contributed by atoms with E-state index in [4.69, 9.17) is 22.7 Å². The van der Waals surface area contributed by atoms with Crippen molar-refractivity contribution in [2.75, 3.05) is 33.3 Å². The van der Waals surface area contributed by atoms with Crippen LogP contribution in [0.25, 0.3) is 0 Å². The highest BCUT2D eigenvalue weighted by Crippen LogP contribution is 2.22. The van der Waals surface area contributed by atoms with Gasteiger partial charge in [0.15, 0.2) is 0 Å². The van der Waals surface area contributed by atoms with Crippen LogP contribution in [0.5, 0.6) is 0 Å². The standard InChI is InChI=1S/C14H27N3O2S/c1-6-14(4,19-5)12(18)16-7-9-17(10-8-16)13(2,3)11(15)20/h6-10H2,1-5H3,(H2,15,20). The van der Waals surface area contributed by atoms with Crippen molar-refractivity contribution >= 4 is 23.1 Å². The molecule has 1 rings (SSSR count). The summed E-state index contributed by atoms with van der Waals surface area (Å²) in [6.45, 7) is 10.8. The highest BCUT2D eigenvalue weighted by atomic mass is 32.1. The van der Waals surface area contributed by atoms with Crippen LogP contribution in [0.2, 0.25) is 0 Å². The fourth-order valence-electron chi connectivity index (χ4n) is 2.34. The van der Waals surface area contributed by atoms with Gasteiger partial charge in [0.05, 0.1) is 10.5 Å². The van der Waals surface area contributed by atoms with Gasteiger partial charge in [0, 0.05) is 33.3 Å². The maximum Gasteiger partial charge on any atom is 0.254 e. The summed E-state index contributed by atoms with van der Waals surface area (Å²) >= 11 is 5.13. The van der Waals surface area contributed by atoms with Crippen molar-refractivity contribution in [2.45, 2.75) is 45.3 Å². The van der Waals surface area contributed by atoms with Gasteiger partial charge in [-0.25, -0.2) is 0 Å². The molecular formula is C14H27N3O2S. The minimum absolute atomic E-state index is 0.0651. The van der Waals surface area contributed by atoms with E-state index in [9.17, 15) is 4.79 Å². The molecule has 6 heteroatoms.